The fraction of sp³-hybridized carbons (Fsp3) is 0.588. The molecule has 1 fully saturated rings. The summed E-state index contributed by atoms with van der Waals surface area (Å²) < 4.78 is 3.79. The van der Waals surface area contributed by atoms with Gasteiger partial charge in [0.15, 0.2) is 5.78 Å². The summed E-state index contributed by atoms with van der Waals surface area (Å²) in [7, 11) is 0. The van der Waals surface area contributed by atoms with Crippen molar-refractivity contribution >= 4 is 17.5 Å². The number of thioether (sulfide) groups is 1. The summed E-state index contributed by atoms with van der Waals surface area (Å²) in [5.74, 6) is 6.92. The number of aryl methyl sites for hydroxylation is 2. The van der Waals surface area contributed by atoms with Crippen molar-refractivity contribution in [2.75, 3.05) is 11.6 Å². The zero-order chi connectivity index (χ0) is 17.3. The van der Waals surface area contributed by atoms with Crippen molar-refractivity contribution in [2.45, 2.75) is 64.1 Å². The fourth-order valence-corrected chi connectivity index (χ4v) is 4.40. The highest BCUT2D eigenvalue weighted by atomic mass is 32.2. The molecular weight excluding hydrogens is 322 g/mol. The van der Waals surface area contributed by atoms with Crippen molar-refractivity contribution in [3.8, 4) is 0 Å². The van der Waals surface area contributed by atoms with Gasteiger partial charge in [-0.15, -0.1) is 10.2 Å². The van der Waals surface area contributed by atoms with E-state index in [0.29, 0.717) is 22.8 Å². The molecule has 0 atom stereocenters. The molecule has 1 aliphatic rings. The largest absolute Gasteiger partial charge is 0.345 e. The van der Waals surface area contributed by atoms with Gasteiger partial charge < -0.3 is 10.4 Å². The van der Waals surface area contributed by atoms with Gasteiger partial charge in [-0.3, -0.25) is 4.79 Å². The number of aromatic nitrogens is 4. The first-order chi connectivity index (χ1) is 11.5. The zero-order valence-electron chi connectivity index (χ0n) is 14.6. The van der Waals surface area contributed by atoms with E-state index in [0.717, 1.165) is 11.3 Å². The molecule has 0 radical (unpaired) electrons. The van der Waals surface area contributed by atoms with Gasteiger partial charge in [0, 0.05) is 23.0 Å². The minimum Gasteiger partial charge on any atom is -0.345 e. The molecule has 0 aromatic carbocycles. The first kappa shape index (κ1) is 17.1. The van der Waals surface area contributed by atoms with Crippen LogP contribution in [0.3, 0.4) is 0 Å². The second kappa shape index (κ2) is 7.01. The van der Waals surface area contributed by atoms with E-state index in [1.165, 1.54) is 54.2 Å². The lowest BCUT2D eigenvalue weighted by Gasteiger charge is -2.26. The molecule has 24 heavy (non-hydrogen) atoms. The highest BCUT2D eigenvalue weighted by Gasteiger charge is 2.23. The van der Waals surface area contributed by atoms with Gasteiger partial charge in [-0.05, 0) is 39.7 Å². The van der Waals surface area contributed by atoms with Gasteiger partial charge in [-0.2, -0.15) is 0 Å². The SMILES string of the molecule is Cc1nnc(SCC(=O)c2cc(C)n(C3CCCCC3)c2C)n1N. The second-order valence-corrected chi connectivity index (χ2v) is 7.50. The Labute approximate surface area is 146 Å². The molecule has 0 bridgehead atoms. The van der Waals surface area contributed by atoms with Gasteiger partial charge in [0.1, 0.15) is 5.82 Å². The molecule has 7 heteroatoms. The van der Waals surface area contributed by atoms with Gasteiger partial charge in [0.05, 0.1) is 5.75 Å². The second-order valence-electron chi connectivity index (χ2n) is 6.56. The van der Waals surface area contributed by atoms with Gasteiger partial charge in [0.25, 0.3) is 0 Å². The molecule has 2 aromatic heterocycles. The number of hydrogen-bond acceptors (Lipinski definition) is 5. The van der Waals surface area contributed by atoms with Crippen molar-refractivity contribution in [3.63, 3.8) is 0 Å². The standard InChI is InChI=1S/C17H25N5OS/c1-11-9-15(12(2)21(11)14-7-5-4-6-8-14)16(23)10-24-17-20-19-13(3)22(17)18/h9,14H,4-8,10,18H2,1-3H3. The van der Waals surface area contributed by atoms with Gasteiger partial charge in [-0.25, -0.2) is 4.68 Å². The lowest BCUT2D eigenvalue weighted by atomic mass is 9.95. The number of ketones is 1. The topological polar surface area (TPSA) is 78.7 Å². The maximum atomic E-state index is 12.7. The van der Waals surface area contributed by atoms with Crippen molar-refractivity contribution in [1.82, 2.24) is 19.4 Å². The van der Waals surface area contributed by atoms with Gasteiger partial charge >= 0.3 is 0 Å². The highest BCUT2D eigenvalue weighted by molar-refractivity contribution is 7.99. The fourth-order valence-electron chi connectivity index (χ4n) is 3.62. The van der Waals surface area contributed by atoms with Crippen LogP contribution in [0.4, 0.5) is 0 Å². The summed E-state index contributed by atoms with van der Waals surface area (Å²) in [5.41, 5.74) is 3.10. The third kappa shape index (κ3) is 3.22. The Hall–Kier alpha value is -1.76. The average Bonchev–Trinajstić information content (AvgIpc) is 3.06. The van der Waals surface area contributed by atoms with Gasteiger partial charge in [0.2, 0.25) is 5.16 Å². The third-order valence-corrected chi connectivity index (χ3v) is 5.84. The van der Waals surface area contributed by atoms with Crippen LogP contribution >= 0.6 is 11.8 Å². The Balaban J connectivity index is 1.74. The minimum absolute atomic E-state index is 0.121. The molecule has 0 spiro atoms. The molecule has 3 rings (SSSR count). The van der Waals surface area contributed by atoms with E-state index in [2.05, 4.69) is 28.6 Å². The summed E-state index contributed by atoms with van der Waals surface area (Å²) in [6, 6.07) is 2.58. The number of carbonyl (C=O) groups is 1. The van der Waals surface area contributed by atoms with Gasteiger partial charge in [-0.1, -0.05) is 31.0 Å². The molecule has 0 saturated heterocycles. The predicted octanol–water partition coefficient (Wildman–Crippen LogP) is 3.20. The number of nitrogens with zero attached hydrogens (tertiary/aromatic N) is 4. The van der Waals surface area contributed by atoms with E-state index in [9.17, 15) is 4.79 Å². The lowest BCUT2D eigenvalue weighted by molar-refractivity contribution is 0.102. The molecular formula is C17H25N5OS. The summed E-state index contributed by atoms with van der Waals surface area (Å²) >= 11 is 1.34. The predicted molar refractivity (Wildman–Crippen MR) is 96.0 cm³/mol. The Morgan fingerprint density at radius 2 is 1.96 bits per heavy atom. The van der Waals surface area contributed by atoms with E-state index in [1.807, 2.05) is 6.07 Å². The number of nitrogen functional groups attached to an aromatic ring is 1. The Kier molecular flexibility index (Phi) is 4.99. The first-order valence-electron chi connectivity index (χ1n) is 8.50. The van der Waals surface area contributed by atoms with E-state index >= 15 is 0 Å². The molecule has 0 amide bonds. The highest BCUT2D eigenvalue weighted by Crippen LogP contribution is 2.32. The molecule has 2 aromatic rings. The van der Waals surface area contributed by atoms with Crippen LogP contribution in [-0.2, 0) is 0 Å². The minimum atomic E-state index is 0.121. The van der Waals surface area contributed by atoms with E-state index in [1.54, 1.807) is 6.92 Å². The maximum Gasteiger partial charge on any atom is 0.210 e. The molecule has 6 nitrogen and oxygen atoms in total. The maximum absolute atomic E-state index is 12.7. The van der Waals surface area contributed by atoms with Crippen molar-refractivity contribution in [3.05, 3.63) is 28.8 Å². The van der Waals surface area contributed by atoms with Crippen LogP contribution in [0.2, 0.25) is 0 Å². The lowest BCUT2D eigenvalue weighted by Crippen LogP contribution is -2.16. The number of carbonyl (C=O) groups excluding carboxylic acids is 1. The molecule has 1 saturated carbocycles. The van der Waals surface area contributed by atoms with Crippen LogP contribution in [0.15, 0.2) is 11.2 Å². The molecule has 130 valence electrons. The monoisotopic (exact) mass is 347 g/mol. The van der Waals surface area contributed by atoms with Crippen LogP contribution in [0.5, 0.6) is 0 Å². The molecule has 0 aliphatic heterocycles. The van der Waals surface area contributed by atoms with Crippen molar-refractivity contribution in [2.24, 2.45) is 0 Å². The smallest absolute Gasteiger partial charge is 0.210 e. The van der Waals surface area contributed by atoms with Crippen LogP contribution in [-0.4, -0.2) is 31.0 Å². The van der Waals surface area contributed by atoms with Crippen molar-refractivity contribution < 1.29 is 4.79 Å². The van der Waals surface area contributed by atoms with Crippen LogP contribution in [0.1, 0.15) is 65.7 Å². The third-order valence-electron chi connectivity index (χ3n) is 4.89. The quantitative estimate of drug-likeness (QED) is 0.510. The molecule has 0 unspecified atom stereocenters. The average molecular weight is 347 g/mol. The first-order valence-corrected chi connectivity index (χ1v) is 9.49. The Morgan fingerprint density at radius 3 is 2.58 bits per heavy atom. The number of nitrogens with two attached hydrogens (primary N) is 1. The molecule has 1 aliphatic carbocycles. The molecule has 2 heterocycles. The number of hydrogen-bond donors (Lipinski definition) is 1. The van der Waals surface area contributed by atoms with E-state index in [4.69, 9.17) is 5.84 Å². The summed E-state index contributed by atoms with van der Waals surface area (Å²) in [6.07, 6.45) is 6.33. The normalized spacial score (nSPS) is 15.8. The van der Waals surface area contributed by atoms with E-state index < -0.39 is 0 Å². The van der Waals surface area contributed by atoms with E-state index in [-0.39, 0.29) is 5.78 Å². The van der Waals surface area contributed by atoms with Crippen molar-refractivity contribution in [1.29, 1.82) is 0 Å². The van der Waals surface area contributed by atoms with Crippen LogP contribution < -0.4 is 5.84 Å². The molecule has 2 N–H and O–H groups in total. The summed E-state index contributed by atoms with van der Waals surface area (Å²) in [6.45, 7) is 5.96. The van der Waals surface area contributed by atoms with Crippen LogP contribution in [0.25, 0.3) is 0 Å². The number of rotatable bonds is 5. The zero-order valence-corrected chi connectivity index (χ0v) is 15.4. The van der Waals surface area contributed by atoms with Crippen LogP contribution in [0, 0.1) is 20.8 Å². The summed E-state index contributed by atoms with van der Waals surface area (Å²) in [4.78, 5) is 12.7. The Bertz CT molecular complexity index is 742. The summed E-state index contributed by atoms with van der Waals surface area (Å²) in [5, 5.41) is 8.48. The number of Topliss-reactive ketones (excluding diaryl/α,β-unsaturated/α-hetero) is 1. The Morgan fingerprint density at radius 1 is 1.25 bits per heavy atom.